The molecule has 0 bridgehead atoms. The van der Waals surface area contributed by atoms with Gasteiger partial charge in [-0.25, -0.2) is 18.2 Å². The number of benzene rings is 2. The average molecular weight is 417 g/mol. The van der Waals surface area contributed by atoms with Gasteiger partial charge in [-0.1, -0.05) is 18.2 Å². The number of aromatic nitrogens is 1. The molecule has 0 radical (unpaired) electrons. The first-order valence-corrected chi connectivity index (χ1v) is 11.3. The Morgan fingerprint density at radius 2 is 1.89 bits per heavy atom. The van der Waals surface area contributed by atoms with Crippen LogP contribution in [0.25, 0.3) is 10.2 Å². The third kappa shape index (κ3) is 3.43. The molecule has 1 aliphatic heterocycles. The molecule has 1 N–H and O–H groups in total. The molecular formula is C20H20N2O4S2. The van der Waals surface area contributed by atoms with E-state index in [4.69, 9.17) is 4.98 Å². The molecule has 28 heavy (non-hydrogen) atoms. The molecule has 1 fully saturated rings. The lowest BCUT2D eigenvalue weighted by Gasteiger charge is -2.30. The van der Waals surface area contributed by atoms with Crippen molar-refractivity contribution in [3.05, 3.63) is 58.6 Å². The highest BCUT2D eigenvalue weighted by Crippen LogP contribution is 2.35. The van der Waals surface area contributed by atoms with E-state index in [-0.39, 0.29) is 16.4 Å². The number of hydrogen-bond donors (Lipinski definition) is 1. The second kappa shape index (κ2) is 7.27. The lowest BCUT2D eigenvalue weighted by molar-refractivity contribution is 0.0696. The Kier molecular flexibility index (Phi) is 4.95. The number of thiazole rings is 1. The topological polar surface area (TPSA) is 87.6 Å². The zero-order chi connectivity index (χ0) is 19.9. The van der Waals surface area contributed by atoms with E-state index < -0.39 is 16.0 Å². The van der Waals surface area contributed by atoms with Gasteiger partial charge in [-0.2, -0.15) is 4.31 Å². The van der Waals surface area contributed by atoms with Crippen LogP contribution in [0.3, 0.4) is 0 Å². The molecule has 4 rings (SSSR count). The van der Waals surface area contributed by atoms with Gasteiger partial charge in [0.05, 0.1) is 25.7 Å². The highest BCUT2D eigenvalue weighted by atomic mass is 32.2. The Morgan fingerprint density at radius 1 is 1.18 bits per heavy atom. The molecule has 146 valence electrons. The summed E-state index contributed by atoms with van der Waals surface area (Å²) < 4.78 is 28.6. The number of aromatic carboxylic acids is 1. The van der Waals surface area contributed by atoms with Gasteiger partial charge in [-0.3, -0.25) is 0 Å². The Morgan fingerprint density at radius 3 is 2.57 bits per heavy atom. The minimum absolute atomic E-state index is 0.0189. The van der Waals surface area contributed by atoms with Crippen LogP contribution in [0.5, 0.6) is 0 Å². The summed E-state index contributed by atoms with van der Waals surface area (Å²) in [5, 5.41) is 10.3. The van der Waals surface area contributed by atoms with Crippen molar-refractivity contribution in [1.29, 1.82) is 0 Å². The molecule has 0 atom stereocenters. The number of sulfonamides is 1. The number of nitrogens with zero attached hydrogens (tertiary/aromatic N) is 2. The molecule has 1 aromatic heterocycles. The molecule has 1 aliphatic rings. The fraction of sp³-hybridized carbons (Fsp3) is 0.300. The Labute approximate surface area is 167 Å². The van der Waals surface area contributed by atoms with Gasteiger partial charge in [0.15, 0.2) is 0 Å². The summed E-state index contributed by atoms with van der Waals surface area (Å²) in [4.78, 5) is 16.1. The number of carboxylic acids is 1. The van der Waals surface area contributed by atoms with Crippen molar-refractivity contribution < 1.29 is 18.3 Å². The van der Waals surface area contributed by atoms with Crippen LogP contribution in [0.1, 0.15) is 39.7 Å². The van der Waals surface area contributed by atoms with Crippen LogP contribution in [-0.4, -0.2) is 41.9 Å². The zero-order valence-electron chi connectivity index (χ0n) is 15.3. The van der Waals surface area contributed by atoms with E-state index in [2.05, 4.69) is 0 Å². The Balaban J connectivity index is 1.52. The molecule has 3 aromatic rings. The van der Waals surface area contributed by atoms with E-state index in [1.54, 1.807) is 24.3 Å². The number of aryl methyl sites for hydroxylation is 1. The van der Waals surface area contributed by atoms with E-state index in [1.165, 1.54) is 16.4 Å². The maximum Gasteiger partial charge on any atom is 0.335 e. The summed E-state index contributed by atoms with van der Waals surface area (Å²) in [6, 6.07) is 12.3. The Bertz CT molecular complexity index is 1110. The van der Waals surface area contributed by atoms with Gasteiger partial charge in [0.25, 0.3) is 0 Å². The maximum absolute atomic E-state index is 13.0. The van der Waals surface area contributed by atoms with Crippen molar-refractivity contribution in [2.24, 2.45) is 0 Å². The summed E-state index contributed by atoms with van der Waals surface area (Å²) in [5.74, 6) is -0.874. The lowest BCUT2D eigenvalue weighted by Crippen LogP contribution is -2.38. The zero-order valence-corrected chi connectivity index (χ0v) is 17.0. The summed E-state index contributed by atoms with van der Waals surface area (Å²) in [6.07, 6.45) is 1.41. The fourth-order valence-corrected chi connectivity index (χ4v) is 6.18. The highest BCUT2D eigenvalue weighted by molar-refractivity contribution is 7.89. The van der Waals surface area contributed by atoms with Gasteiger partial charge in [-0.15, -0.1) is 11.3 Å². The normalized spacial score (nSPS) is 16.5. The fourth-order valence-electron chi connectivity index (χ4n) is 3.55. The second-order valence-corrected chi connectivity index (χ2v) is 9.98. The van der Waals surface area contributed by atoms with E-state index in [9.17, 15) is 18.3 Å². The van der Waals surface area contributed by atoms with Crippen molar-refractivity contribution in [3.8, 4) is 0 Å². The van der Waals surface area contributed by atoms with Crippen LogP contribution in [0.2, 0.25) is 0 Å². The third-order valence-corrected chi connectivity index (χ3v) is 8.28. The van der Waals surface area contributed by atoms with Crippen molar-refractivity contribution in [3.63, 3.8) is 0 Å². The third-order valence-electron chi connectivity index (χ3n) is 5.19. The van der Waals surface area contributed by atoms with E-state index in [1.807, 2.05) is 24.3 Å². The standard InChI is InChI=1S/C20H20N2O4S2/c1-13-6-7-15(12-16(13)20(23)24)28(25,26)22-10-8-14(9-11-22)19-21-17-4-2-3-5-18(17)27-19/h2-7,12,14H,8-11H2,1H3,(H,23,24). The van der Waals surface area contributed by atoms with Crippen molar-refractivity contribution in [1.82, 2.24) is 9.29 Å². The highest BCUT2D eigenvalue weighted by Gasteiger charge is 2.31. The van der Waals surface area contributed by atoms with Crippen LogP contribution in [0.4, 0.5) is 0 Å². The maximum atomic E-state index is 13.0. The molecule has 1 saturated heterocycles. The van der Waals surface area contributed by atoms with Crippen LogP contribution < -0.4 is 0 Å². The number of para-hydroxylation sites is 1. The van der Waals surface area contributed by atoms with Gasteiger partial charge in [0, 0.05) is 19.0 Å². The molecule has 0 spiro atoms. The number of hydrogen-bond acceptors (Lipinski definition) is 5. The molecule has 2 heterocycles. The number of carbonyl (C=O) groups is 1. The van der Waals surface area contributed by atoms with Gasteiger partial charge in [0.2, 0.25) is 10.0 Å². The first-order chi connectivity index (χ1) is 13.4. The van der Waals surface area contributed by atoms with Crippen LogP contribution >= 0.6 is 11.3 Å². The lowest BCUT2D eigenvalue weighted by atomic mass is 9.99. The summed E-state index contributed by atoms with van der Waals surface area (Å²) in [6.45, 7) is 2.46. The summed E-state index contributed by atoms with van der Waals surface area (Å²) in [5.41, 5.74) is 1.55. The smallest absolute Gasteiger partial charge is 0.335 e. The summed E-state index contributed by atoms with van der Waals surface area (Å²) >= 11 is 1.67. The van der Waals surface area contributed by atoms with Crippen LogP contribution in [-0.2, 0) is 10.0 Å². The second-order valence-electron chi connectivity index (χ2n) is 6.98. The molecule has 6 nitrogen and oxygen atoms in total. The van der Waals surface area contributed by atoms with Crippen LogP contribution in [0.15, 0.2) is 47.4 Å². The number of fused-ring (bicyclic) bond motifs is 1. The predicted octanol–water partition coefficient (Wildman–Crippen LogP) is 3.87. The average Bonchev–Trinajstić information content (AvgIpc) is 3.12. The Hall–Kier alpha value is -2.29. The van der Waals surface area contributed by atoms with E-state index >= 15 is 0 Å². The molecular weight excluding hydrogens is 396 g/mol. The molecule has 0 saturated carbocycles. The predicted molar refractivity (Wildman–Crippen MR) is 108 cm³/mol. The monoisotopic (exact) mass is 416 g/mol. The van der Waals surface area contributed by atoms with Gasteiger partial charge in [-0.05, 0) is 49.6 Å². The molecule has 8 heteroatoms. The van der Waals surface area contributed by atoms with Crippen molar-refractivity contribution in [2.75, 3.05) is 13.1 Å². The molecule has 2 aromatic carbocycles. The molecule has 0 aliphatic carbocycles. The first kappa shape index (κ1) is 19.0. The number of rotatable bonds is 4. The molecule has 0 unspecified atom stereocenters. The number of carboxylic acid groups (broad SMARTS) is 1. The van der Waals surface area contributed by atoms with Crippen molar-refractivity contribution >= 4 is 37.5 Å². The van der Waals surface area contributed by atoms with Gasteiger partial charge >= 0.3 is 5.97 Å². The molecule has 0 amide bonds. The number of piperidine rings is 1. The van der Waals surface area contributed by atoms with E-state index in [0.717, 1.165) is 15.2 Å². The van der Waals surface area contributed by atoms with Gasteiger partial charge < -0.3 is 5.11 Å². The SMILES string of the molecule is Cc1ccc(S(=O)(=O)N2CCC(c3nc4ccccc4s3)CC2)cc1C(=O)O. The minimum Gasteiger partial charge on any atom is -0.478 e. The first-order valence-electron chi connectivity index (χ1n) is 9.06. The largest absolute Gasteiger partial charge is 0.478 e. The van der Waals surface area contributed by atoms with Gasteiger partial charge in [0.1, 0.15) is 0 Å². The van der Waals surface area contributed by atoms with Crippen LogP contribution in [0, 0.1) is 6.92 Å². The quantitative estimate of drug-likeness (QED) is 0.698. The minimum atomic E-state index is -3.71. The van der Waals surface area contributed by atoms with E-state index in [0.29, 0.717) is 31.5 Å². The van der Waals surface area contributed by atoms with Crippen molar-refractivity contribution in [2.45, 2.75) is 30.6 Å². The summed E-state index contributed by atoms with van der Waals surface area (Å²) in [7, 11) is -3.71.